The van der Waals surface area contributed by atoms with Gasteiger partial charge in [-0.2, -0.15) is 0 Å². The van der Waals surface area contributed by atoms with Crippen molar-refractivity contribution in [2.75, 3.05) is 14.1 Å². The Morgan fingerprint density at radius 3 is 2.20 bits per heavy atom. The van der Waals surface area contributed by atoms with Gasteiger partial charge in [-0.05, 0) is 25.0 Å². The zero-order chi connectivity index (χ0) is 11.3. The normalized spacial score (nSPS) is 12.1. The van der Waals surface area contributed by atoms with Gasteiger partial charge in [0.1, 0.15) is 0 Å². The Morgan fingerprint density at radius 1 is 1.13 bits per heavy atom. The number of aryl methyl sites for hydroxylation is 1. The van der Waals surface area contributed by atoms with E-state index in [9.17, 15) is 0 Å². The second-order valence-corrected chi connectivity index (χ2v) is 3.91. The molecule has 1 rings (SSSR count). The number of benzene rings is 1. The maximum atomic E-state index is 2.16. The van der Waals surface area contributed by atoms with Crippen LogP contribution in [0.4, 0.5) is 0 Å². The summed E-state index contributed by atoms with van der Waals surface area (Å²) in [6, 6.07) is 8.60. The lowest BCUT2D eigenvalue weighted by molar-refractivity contribution is 0.566. The van der Waals surface area contributed by atoms with Crippen LogP contribution in [-0.4, -0.2) is 19.0 Å². The molecule has 0 spiro atoms. The van der Waals surface area contributed by atoms with E-state index in [4.69, 9.17) is 0 Å². The van der Waals surface area contributed by atoms with Gasteiger partial charge in [0, 0.05) is 20.3 Å². The van der Waals surface area contributed by atoms with Crippen LogP contribution in [0.2, 0.25) is 0 Å². The van der Waals surface area contributed by atoms with Crippen molar-refractivity contribution in [2.45, 2.75) is 13.8 Å². The Balaban J connectivity index is 3.04. The summed E-state index contributed by atoms with van der Waals surface area (Å²) in [5, 5.41) is 0. The average molecular weight is 201 g/mol. The molecule has 0 bridgehead atoms. The summed E-state index contributed by atoms with van der Waals surface area (Å²) < 4.78 is 0. The minimum Gasteiger partial charge on any atom is -0.383 e. The third-order valence-corrected chi connectivity index (χ3v) is 2.13. The summed E-state index contributed by atoms with van der Waals surface area (Å²) in [7, 11) is 4.08. The summed E-state index contributed by atoms with van der Waals surface area (Å²) in [6.45, 7) is 4.15. The molecule has 1 heteroatoms. The van der Waals surface area contributed by atoms with Crippen molar-refractivity contribution in [3.05, 3.63) is 53.7 Å². The van der Waals surface area contributed by atoms with E-state index in [1.807, 2.05) is 21.0 Å². The van der Waals surface area contributed by atoms with Gasteiger partial charge in [-0.15, -0.1) is 0 Å². The van der Waals surface area contributed by atoms with E-state index in [1.165, 1.54) is 16.7 Å². The molecule has 0 aliphatic heterocycles. The van der Waals surface area contributed by atoms with E-state index in [1.54, 1.807) is 0 Å². The lowest BCUT2D eigenvalue weighted by Gasteiger charge is -2.09. The van der Waals surface area contributed by atoms with Crippen molar-refractivity contribution in [3.8, 4) is 0 Å². The lowest BCUT2D eigenvalue weighted by atomic mass is 10.0. The summed E-state index contributed by atoms with van der Waals surface area (Å²) in [5.74, 6) is 0. The van der Waals surface area contributed by atoms with Gasteiger partial charge >= 0.3 is 0 Å². The predicted octanol–water partition coefficient (Wildman–Crippen LogP) is 3.47. The minimum atomic E-state index is 1.24. The molecule has 0 fully saturated rings. The van der Waals surface area contributed by atoms with Gasteiger partial charge in [-0.25, -0.2) is 0 Å². The number of nitrogens with zero attached hydrogens (tertiary/aromatic N) is 1. The van der Waals surface area contributed by atoms with Crippen LogP contribution < -0.4 is 0 Å². The van der Waals surface area contributed by atoms with Crippen LogP contribution in [0.15, 0.2) is 42.6 Å². The maximum absolute atomic E-state index is 2.16. The fraction of sp³-hybridized carbons (Fsp3) is 0.286. The Bertz CT molecular complexity index is 355. The zero-order valence-electron chi connectivity index (χ0n) is 9.99. The van der Waals surface area contributed by atoms with Crippen LogP contribution in [0.3, 0.4) is 0 Å². The molecule has 1 nitrogen and oxygen atoms in total. The van der Waals surface area contributed by atoms with Crippen molar-refractivity contribution in [2.24, 2.45) is 0 Å². The highest BCUT2D eigenvalue weighted by molar-refractivity contribution is 5.73. The standard InChI is InChI=1S/C14H19N/c1-5-6-14(11-15(3)4)13-9-7-12(2)8-10-13/h5-11H,1-4H3/b6-5-,14-11+. The molecule has 80 valence electrons. The van der Waals surface area contributed by atoms with Crippen molar-refractivity contribution in [1.29, 1.82) is 0 Å². The zero-order valence-corrected chi connectivity index (χ0v) is 9.99. The molecule has 0 radical (unpaired) electrons. The number of hydrogen-bond donors (Lipinski definition) is 0. The average Bonchev–Trinajstić information content (AvgIpc) is 2.17. The summed E-state index contributed by atoms with van der Waals surface area (Å²) >= 11 is 0. The van der Waals surface area contributed by atoms with Crippen LogP contribution in [0.1, 0.15) is 18.1 Å². The molecule has 0 aromatic heterocycles. The van der Waals surface area contributed by atoms with Crippen LogP contribution in [0, 0.1) is 6.92 Å². The molecule has 0 N–H and O–H groups in total. The molecular weight excluding hydrogens is 182 g/mol. The minimum absolute atomic E-state index is 1.24. The first-order valence-electron chi connectivity index (χ1n) is 5.21. The van der Waals surface area contributed by atoms with E-state index in [2.05, 4.69) is 54.4 Å². The topological polar surface area (TPSA) is 3.24 Å². The van der Waals surface area contributed by atoms with E-state index in [0.717, 1.165) is 0 Å². The van der Waals surface area contributed by atoms with Crippen molar-refractivity contribution in [3.63, 3.8) is 0 Å². The predicted molar refractivity (Wildman–Crippen MR) is 67.7 cm³/mol. The van der Waals surface area contributed by atoms with Gasteiger partial charge < -0.3 is 4.90 Å². The van der Waals surface area contributed by atoms with Crippen molar-refractivity contribution < 1.29 is 0 Å². The quantitative estimate of drug-likeness (QED) is 0.677. The monoisotopic (exact) mass is 201 g/mol. The van der Waals surface area contributed by atoms with Gasteiger partial charge in [0.05, 0.1) is 0 Å². The molecule has 0 atom stereocenters. The largest absolute Gasteiger partial charge is 0.383 e. The third-order valence-electron chi connectivity index (χ3n) is 2.13. The van der Waals surface area contributed by atoms with E-state index < -0.39 is 0 Å². The Morgan fingerprint density at radius 2 is 1.73 bits per heavy atom. The number of allylic oxidation sites excluding steroid dienone is 3. The molecular formula is C14H19N. The summed E-state index contributed by atoms with van der Waals surface area (Å²) in [6.07, 6.45) is 6.32. The summed E-state index contributed by atoms with van der Waals surface area (Å²) in [5.41, 5.74) is 3.79. The fourth-order valence-electron chi connectivity index (χ4n) is 1.42. The molecule has 0 saturated heterocycles. The van der Waals surface area contributed by atoms with Gasteiger partial charge in [-0.1, -0.05) is 42.0 Å². The van der Waals surface area contributed by atoms with Crippen LogP contribution in [0.25, 0.3) is 5.57 Å². The molecule has 1 aromatic carbocycles. The van der Waals surface area contributed by atoms with E-state index in [0.29, 0.717) is 0 Å². The van der Waals surface area contributed by atoms with Crippen LogP contribution in [-0.2, 0) is 0 Å². The Hall–Kier alpha value is -1.50. The lowest BCUT2D eigenvalue weighted by Crippen LogP contribution is -2.02. The molecule has 1 aromatic rings. The van der Waals surface area contributed by atoms with Gasteiger partial charge in [0.15, 0.2) is 0 Å². The molecule has 0 unspecified atom stereocenters. The van der Waals surface area contributed by atoms with Gasteiger partial charge in [-0.3, -0.25) is 0 Å². The highest BCUT2D eigenvalue weighted by Gasteiger charge is 1.97. The number of hydrogen-bond acceptors (Lipinski definition) is 1. The number of rotatable bonds is 3. The van der Waals surface area contributed by atoms with Crippen molar-refractivity contribution >= 4 is 5.57 Å². The van der Waals surface area contributed by atoms with Crippen LogP contribution in [0.5, 0.6) is 0 Å². The molecule has 0 amide bonds. The van der Waals surface area contributed by atoms with Crippen molar-refractivity contribution in [1.82, 2.24) is 4.90 Å². The van der Waals surface area contributed by atoms with Gasteiger partial charge in [0.25, 0.3) is 0 Å². The second-order valence-electron chi connectivity index (χ2n) is 3.91. The van der Waals surface area contributed by atoms with Crippen LogP contribution >= 0.6 is 0 Å². The SMILES string of the molecule is C/C=C\C(=C/N(C)C)c1ccc(C)cc1. The first kappa shape index (κ1) is 11.6. The first-order valence-corrected chi connectivity index (χ1v) is 5.21. The molecule has 0 heterocycles. The molecule has 0 aliphatic carbocycles. The molecule has 15 heavy (non-hydrogen) atoms. The fourth-order valence-corrected chi connectivity index (χ4v) is 1.42. The van der Waals surface area contributed by atoms with E-state index in [-0.39, 0.29) is 0 Å². The maximum Gasteiger partial charge on any atom is 0.00646 e. The smallest absolute Gasteiger partial charge is 0.00646 e. The highest BCUT2D eigenvalue weighted by atomic mass is 15.0. The Labute approximate surface area is 92.7 Å². The molecule has 0 saturated carbocycles. The Kier molecular flexibility index (Phi) is 4.17. The molecule has 0 aliphatic rings. The first-order chi connectivity index (χ1) is 7.13. The highest BCUT2D eigenvalue weighted by Crippen LogP contribution is 2.16. The van der Waals surface area contributed by atoms with Gasteiger partial charge in [0.2, 0.25) is 0 Å². The third kappa shape index (κ3) is 3.62. The summed E-state index contributed by atoms with van der Waals surface area (Å²) in [4.78, 5) is 2.06. The van der Waals surface area contributed by atoms with E-state index >= 15 is 0 Å². The second kappa shape index (κ2) is 5.40.